The quantitative estimate of drug-likeness (QED) is 0.432. The summed E-state index contributed by atoms with van der Waals surface area (Å²) in [5.74, 6) is -0.652. The summed E-state index contributed by atoms with van der Waals surface area (Å²) in [6.07, 6.45) is -0.0623. The number of methoxy groups -OCH3 is 2. The number of carbonyl (C=O) groups excluding carboxylic acids is 2. The fourth-order valence-corrected chi connectivity index (χ4v) is 5.52. The molecule has 3 amide bonds. The van der Waals surface area contributed by atoms with Crippen LogP contribution < -0.4 is 14.8 Å². The molecule has 1 aliphatic rings. The first-order chi connectivity index (χ1) is 19.0. The molecule has 2 N–H and O–H groups in total. The predicted octanol–water partition coefficient (Wildman–Crippen LogP) is 4.51. The number of carbonyl (C=O) groups is 3. The predicted molar refractivity (Wildman–Crippen MR) is 153 cm³/mol. The third kappa shape index (κ3) is 5.74. The summed E-state index contributed by atoms with van der Waals surface area (Å²) in [5.41, 5.74) is 1.86. The number of hydrogen-bond donors (Lipinski definition) is 2. The van der Waals surface area contributed by atoms with E-state index in [1.54, 1.807) is 54.4 Å². The van der Waals surface area contributed by atoms with Crippen molar-refractivity contribution in [2.24, 2.45) is 0 Å². The molecule has 0 radical (unpaired) electrons. The minimum Gasteiger partial charge on any atom is -0.496 e. The fourth-order valence-electron chi connectivity index (χ4n) is 4.96. The maximum absolute atomic E-state index is 14.0. The Kier molecular flexibility index (Phi) is 8.34. The van der Waals surface area contributed by atoms with E-state index in [0.717, 1.165) is 5.56 Å². The number of piperazine rings is 1. The second-order valence-electron chi connectivity index (χ2n) is 10.7. The third-order valence-electron chi connectivity index (χ3n) is 7.06. The smallest absolute Gasteiger partial charge is 0.331 e. The van der Waals surface area contributed by atoms with Gasteiger partial charge in [-0.15, -0.1) is 11.3 Å². The maximum atomic E-state index is 14.0. The molecule has 1 aliphatic heterocycles. The number of thiazole rings is 1. The van der Waals surface area contributed by atoms with Crippen molar-refractivity contribution in [1.29, 1.82) is 0 Å². The summed E-state index contributed by atoms with van der Waals surface area (Å²) in [6.45, 7) is 6.05. The van der Waals surface area contributed by atoms with Gasteiger partial charge in [0, 0.05) is 30.5 Å². The largest absolute Gasteiger partial charge is 0.496 e. The first-order valence-corrected chi connectivity index (χ1v) is 13.7. The van der Waals surface area contributed by atoms with Crippen molar-refractivity contribution in [1.82, 2.24) is 14.8 Å². The number of carboxylic acids is 1. The average Bonchev–Trinajstić information content (AvgIpc) is 3.44. The molecule has 4 rings (SSSR count). The van der Waals surface area contributed by atoms with Crippen molar-refractivity contribution < 1.29 is 29.0 Å². The van der Waals surface area contributed by atoms with E-state index < -0.39 is 23.4 Å². The molecule has 212 valence electrons. The van der Waals surface area contributed by atoms with Gasteiger partial charge in [0.15, 0.2) is 5.54 Å². The van der Waals surface area contributed by atoms with Gasteiger partial charge in [-0.25, -0.2) is 14.6 Å². The lowest BCUT2D eigenvalue weighted by molar-refractivity contribution is -0.153. The van der Waals surface area contributed by atoms with Gasteiger partial charge in [0.25, 0.3) is 5.91 Å². The monoisotopic (exact) mass is 566 g/mol. The van der Waals surface area contributed by atoms with Gasteiger partial charge in [0.05, 0.1) is 37.7 Å². The van der Waals surface area contributed by atoms with Gasteiger partial charge in [-0.1, -0.05) is 39.0 Å². The molecule has 3 aromatic rings. The van der Waals surface area contributed by atoms with Crippen LogP contribution in [0.2, 0.25) is 0 Å². The zero-order valence-corrected chi connectivity index (χ0v) is 24.1. The minimum atomic E-state index is -1.75. The van der Waals surface area contributed by atoms with E-state index in [1.807, 2.05) is 26.8 Å². The molecule has 40 heavy (non-hydrogen) atoms. The van der Waals surface area contributed by atoms with Crippen LogP contribution >= 0.6 is 11.3 Å². The molecule has 1 fully saturated rings. The average molecular weight is 567 g/mol. The van der Waals surface area contributed by atoms with Crippen LogP contribution in [-0.4, -0.2) is 77.2 Å². The van der Waals surface area contributed by atoms with E-state index in [2.05, 4.69) is 10.3 Å². The molecular formula is C29H34N4O6S. The molecule has 0 aliphatic carbocycles. The number of urea groups is 1. The summed E-state index contributed by atoms with van der Waals surface area (Å²) < 4.78 is 10.9. The van der Waals surface area contributed by atoms with Crippen LogP contribution in [0.1, 0.15) is 42.4 Å². The highest BCUT2D eigenvalue weighted by Crippen LogP contribution is 2.34. The molecule has 1 saturated heterocycles. The van der Waals surface area contributed by atoms with Gasteiger partial charge in [0.1, 0.15) is 11.5 Å². The van der Waals surface area contributed by atoms with Crippen LogP contribution in [0.25, 0.3) is 0 Å². The Morgan fingerprint density at radius 2 is 1.80 bits per heavy atom. The number of hydrogen-bond acceptors (Lipinski definition) is 7. The maximum Gasteiger partial charge on any atom is 0.331 e. The molecule has 10 nitrogen and oxygen atoms in total. The molecule has 1 atom stereocenters. The number of para-hydroxylation sites is 2. The number of benzene rings is 2. The van der Waals surface area contributed by atoms with E-state index in [4.69, 9.17) is 9.47 Å². The van der Waals surface area contributed by atoms with Crippen LogP contribution in [0.5, 0.6) is 11.5 Å². The summed E-state index contributed by atoms with van der Waals surface area (Å²) in [4.78, 5) is 47.5. The Bertz CT molecular complexity index is 1390. The Morgan fingerprint density at radius 3 is 2.42 bits per heavy atom. The van der Waals surface area contributed by atoms with Crippen LogP contribution in [0.15, 0.2) is 53.4 Å². The van der Waals surface area contributed by atoms with E-state index >= 15 is 0 Å². The number of carboxylic acid groups (broad SMARTS) is 1. The highest BCUT2D eigenvalue weighted by Gasteiger charge is 2.52. The van der Waals surface area contributed by atoms with Crippen LogP contribution in [0.3, 0.4) is 0 Å². The normalized spacial score (nSPS) is 17.3. The second-order valence-corrected chi connectivity index (χ2v) is 11.4. The van der Waals surface area contributed by atoms with E-state index in [-0.39, 0.29) is 31.5 Å². The minimum absolute atomic E-state index is 0.0119. The summed E-state index contributed by atoms with van der Waals surface area (Å²) in [6, 6.07) is 11.7. The van der Waals surface area contributed by atoms with Crippen molar-refractivity contribution in [3.05, 3.63) is 70.2 Å². The van der Waals surface area contributed by atoms with Gasteiger partial charge in [-0.2, -0.15) is 0 Å². The number of nitrogens with zero attached hydrogens (tertiary/aromatic N) is 3. The molecule has 1 unspecified atom stereocenters. The first-order valence-electron chi connectivity index (χ1n) is 12.8. The van der Waals surface area contributed by atoms with Crippen LogP contribution in [-0.2, 0) is 16.6 Å². The van der Waals surface area contributed by atoms with Crippen molar-refractivity contribution >= 4 is 34.9 Å². The lowest BCUT2D eigenvalue weighted by atomic mass is 9.85. The molecule has 11 heteroatoms. The molecule has 2 aromatic carbocycles. The number of aliphatic carboxylic acids is 1. The molecule has 1 aromatic heterocycles. The highest BCUT2D eigenvalue weighted by molar-refractivity contribution is 7.07. The summed E-state index contributed by atoms with van der Waals surface area (Å²) >= 11 is 1.34. The lowest BCUT2D eigenvalue weighted by Crippen LogP contribution is -2.69. The van der Waals surface area contributed by atoms with Gasteiger partial charge in [-0.3, -0.25) is 4.79 Å². The van der Waals surface area contributed by atoms with Gasteiger partial charge in [0.2, 0.25) is 0 Å². The fraction of sp³-hybridized carbons (Fsp3) is 0.379. The first kappa shape index (κ1) is 28.9. The SMILES string of the molecule is COc1ccccc1NC(=O)N1CCN(C(=O)c2ccc(C(C)(C)C)c(OC)c2)C(Cc2cscn2)(C(=O)O)C1. The third-order valence-corrected chi connectivity index (χ3v) is 7.69. The van der Waals surface area contributed by atoms with Crippen molar-refractivity contribution in [2.75, 3.05) is 39.2 Å². The number of nitrogens with one attached hydrogen (secondary N) is 1. The van der Waals surface area contributed by atoms with Gasteiger partial charge >= 0.3 is 12.0 Å². The second kappa shape index (κ2) is 11.5. The van der Waals surface area contributed by atoms with Crippen molar-refractivity contribution in [3.63, 3.8) is 0 Å². The molecule has 0 bridgehead atoms. The molecule has 2 heterocycles. The molecule has 0 saturated carbocycles. The zero-order chi connectivity index (χ0) is 29.1. The Labute approximate surface area is 237 Å². The van der Waals surface area contributed by atoms with Crippen molar-refractivity contribution in [3.8, 4) is 11.5 Å². The lowest BCUT2D eigenvalue weighted by Gasteiger charge is -2.47. The van der Waals surface area contributed by atoms with Gasteiger partial charge < -0.3 is 29.7 Å². The standard InChI is InChI=1S/C29H34N4O6S/c1-28(2,3)21-11-10-19(14-24(21)39-5)25(34)33-13-12-32(27(37)31-22-8-6-7-9-23(22)38-4)17-29(33,26(35)36)15-20-16-40-18-30-20/h6-11,14,16,18H,12-13,15,17H2,1-5H3,(H,31,37)(H,35,36). The van der Waals surface area contributed by atoms with E-state index in [0.29, 0.717) is 28.4 Å². The van der Waals surface area contributed by atoms with Crippen molar-refractivity contribution in [2.45, 2.75) is 38.1 Å². The summed E-state index contributed by atoms with van der Waals surface area (Å²) in [5, 5.41) is 15.2. The topological polar surface area (TPSA) is 121 Å². The number of anilines is 1. The van der Waals surface area contributed by atoms with Crippen LogP contribution in [0, 0.1) is 0 Å². The molecular weight excluding hydrogens is 532 g/mol. The van der Waals surface area contributed by atoms with Crippen LogP contribution in [0.4, 0.5) is 10.5 Å². The Morgan fingerprint density at radius 1 is 1.07 bits per heavy atom. The summed E-state index contributed by atoms with van der Waals surface area (Å²) in [7, 11) is 3.05. The highest BCUT2D eigenvalue weighted by atomic mass is 32.1. The van der Waals surface area contributed by atoms with E-state index in [9.17, 15) is 19.5 Å². The van der Waals surface area contributed by atoms with Gasteiger partial charge in [-0.05, 0) is 35.2 Å². The zero-order valence-electron chi connectivity index (χ0n) is 23.3. The Hall–Kier alpha value is -4.12. The Balaban J connectivity index is 1.70. The number of amides is 3. The number of rotatable bonds is 7. The number of ether oxygens (including phenoxy) is 2. The number of aromatic nitrogens is 1. The molecule has 0 spiro atoms. The van der Waals surface area contributed by atoms with E-state index in [1.165, 1.54) is 28.2 Å².